The van der Waals surface area contributed by atoms with Gasteiger partial charge in [0.1, 0.15) is 5.75 Å². The summed E-state index contributed by atoms with van der Waals surface area (Å²) < 4.78 is 15.8. The standard InChI is InChI=1S/C21H25N3O5/c1-14(15-6-9-17(10-7-15)29-13-20(25)24(2)3)22-23-21(26)16-8-11-18(27-4)19(12-16)28-5/h6-12H,13H2,1-5H3,(H,23,26)/b22-14-. The Labute approximate surface area is 170 Å². The smallest absolute Gasteiger partial charge is 0.271 e. The quantitative estimate of drug-likeness (QED) is 0.544. The molecule has 2 rings (SSSR count). The molecule has 0 spiro atoms. The van der Waals surface area contributed by atoms with Crippen molar-refractivity contribution in [2.24, 2.45) is 5.10 Å². The van der Waals surface area contributed by atoms with Crippen LogP contribution < -0.4 is 19.6 Å². The first kappa shape index (κ1) is 21.7. The van der Waals surface area contributed by atoms with Gasteiger partial charge < -0.3 is 19.1 Å². The highest BCUT2D eigenvalue weighted by atomic mass is 16.5. The summed E-state index contributed by atoms with van der Waals surface area (Å²) >= 11 is 0. The van der Waals surface area contributed by atoms with E-state index in [1.807, 2.05) is 0 Å². The van der Waals surface area contributed by atoms with Gasteiger partial charge in [0.05, 0.1) is 19.9 Å². The fourth-order valence-electron chi connectivity index (χ4n) is 2.31. The highest BCUT2D eigenvalue weighted by molar-refractivity contribution is 6.01. The number of hydrazone groups is 1. The van der Waals surface area contributed by atoms with E-state index in [4.69, 9.17) is 14.2 Å². The molecular formula is C21H25N3O5. The lowest BCUT2D eigenvalue weighted by atomic mass is 10.1. The number of methoxy groups -OCH3 is 2. The predicted octanol–water partition coefficient (Wildman–Crippen LogP) is 2.32. The number of hydrogen-bond acceptors (Lipinski definition) is 6. The Morgan fingerprint density at radius 1 is 0.966 bits per heavy atom. The SMILES string of the molecule is COc1ccc(C(=O)N/N=C(/C)c2ccc(OCC(=O)N(C)C)cc2)cc1OC. The number of ether oxygens (including phenoxy) is 3. The second kappa shape index (κ2) is 10.1. The Morgan fingerprint density at radius 2 is 1.59 bits per heavy atom. The number of carbonyl (C=O) groups is 2. The van der Waals surface area contributed by atoms with Gasteiger partial charge in [-0.05, 0) is 55.0 Å². The second-order valence-electron chi connectivity index (χ2n) is 6.31. The van der Waals surface area contributed by atoms with Crippen molar-refractivity contribution in [1.29, 1.82) is 0 Å². The van der Waals surface area contributed by atoms with E-state index in [0.717, 1.165) is 5.56 Å². The third kappa shape index (κ3) is 5.97. The van der Waals surface area contributed by atoms with Gasteiger partial charge in [-0.1, -0.05) is 0 Å². The molecule has 0 radical (unpaired) electrons. The van der Waals surface area contributed by atoms with Crippen LogP contribution in [-0.2, 0) is 4.79 Å². The summed E-state index contributed by atoms with van der Waals surface area (Å²) in [7, 11) is 6.38. The normalized spacial score (nSPS) is 10.9. The maximum atomic E-state index is 12.3. The highest BCUT2D eigenvalue weighted by Crippen LogP contribution is 2.27. The van der Waals surface area contributed by atoms with Crippen molar-refractivity contribution in [2.45, 2.75) is 6.92 Å². The molecule has 1 N–H and O–H groups in total. The topological polar surface area (TPSA) is 89.5 Å². The summed E-state index contributed by atoms with van der Waals surface area (Å²) in [6.45, 7) is 1.75. The summed E-state index contributed by atoms with van der Waals surface area (Å²) in [5.41, 5.74) is 4.35. The molecule has 154 valence electrons. The van der Waals surface area contributed by atoms with Crippen LogP contribution in [0.2, 0.25) is 0 Å². The molecule has 8 heteroatoms. The van der Waals surface area contributed by atoms with Gasteiger partial charge in [0.15, 0.2) is 18.1 Å². The minimum absolute atomic E-state index is 0.0270. The molecule has 2 aromatic carbocycles. The molecule has 2 aromatic rings. The zero-order valence-electron chi connectivity index (χ0n) is 17.2. The zero-order valence-corrected chi connectivity index (χ0v) is 17.2. The molecular weight excluding hydrogens is 374 g/mol. The lowest BCUT2D eigenvalue weighted by Gasteiger charge is -2.11. The van der Waals surface area contributed by atoms with Crippen molar-refractivity contribution in [3.05, 3.63) is 53.6 Å². The zero-order chi connectivity index (χ0) is 21.4. The van der Waals surface area contributed by atoms with Crippen LogP contribution in [0.25, 0.3) is 0 Å². The van der Waals surface area contributed by atoms with Gasteiger partial charge in [-0.25, -0.2) is 5.43 Å². The summed E-state index contributed by atoms with van der Waals surface area (Å²) in [4.78, 5) is 25.4. The third-order valence-corrected chi connectivity index (χ3v) is 4.10. The fourth-order valence-corrected chi connectivity index (χ4v) is 2.31. The summed E-state index contributed by atoms with van der Waals surface area (Å²) in [5, 5.41) is 4.14. The van der Waals surface area contributed by atoms with Gasteiger partial charge in [0.2, 0.25) is 0 Å². The van der Waals surface area contributed by atoms with Crippen LogP contribution in [-0.4, -0.2) is 57.3 Å². The van der Waals surface area contributed by atoms with Crippen LogP contribution in [0, 0.1) is 0 Å². The van der Waals surface area contributed by atoms with E-state index in [0.29, 0.717) is 28.5 Å². The number of nitrogens with one attached hydrogen (secondary N) is 1. The molecule has 2 amide bonds. The first-order valence-corrected chi connectivity index (χ1v) is 8.85. The summed E-state index contributed by atoms with van der Waals surface area (Å²) in [5.74, 6) is 1.09. The van der Waals surface area contributed by atoms with Crippen molar-refractivity contribution in [2.75, 3.05) is 34.9 Å². The number of nitrogens with zero attached hydrogens (tertiary/aromatic N) is 2. The molecule has 0 saturated carbocycles. The molecule has 0 fully saturated rings. The largest absolute Gasteiger partial charge is 0.493 e. The van der Waals surface area contributed by atoms with Crippen LogP contribution in [0.3, 0.4) is 0 Å². The molecule has 0 bridgehead atoms. The lowest BCUT2D eigenvalue weighted by Crippen LogP contribution is -2.27. The Balaban J connectivity index is 2.00. The van der Waals surface area contributed by atoms with Gasteiger partial charge in [-0.15, -0.1) is 0 Å². The number of hydrogen-bond donors (Lipinski definition) is 1. The number of likely N-dealkylation sites (N-methyl/N-ethyl adjacent to an activating group) is 1. The molecule has 0 aromatic heterocycles. The van der Waals surface area contributed by atoms with Gasteiger partial charge >= 0.3 is 0 Å². The minimum atomic E-state index is -0.368. The Kier molecular flexibility index (Phi) is 7.59. The predicted molar refractivity (Wildman–Crippen MR) is 110 cm³/mol. The van der Waals surface area contributed by atoms with Gasteiger partial charge in [-0.2, -0.15) is 5.10 Å². The molecule has 0 aliphatic carbocycles. The molecule has 0 saturated heterocycles. The van der Waals surface area contributed by atoms with Gasteiger partial charge in [-0.3, -0.25) is 9.59 Å². The molecule has 0 heterocycles. The average molecular weight is 399 g/mol. The fraction of sp³-hybridized carbons (Fsp3) is 0.286. The maximum Gasteiger partial charge on any atom is 0.271 e. The van der Waals surface area contributed by atoms with E-state index >= 15 is 0 Å². The lowest BCUT2D eigenvalue weighted by molar-refractivity contribution is -0.130. The summed E-state index contributed by atoms with van der Waals surface area (Å²) in [6, 6.07) is 12.0. The van der Waals surface area contributed by atoms with Crippen LogP contribution in [0.1, 0.15) is 22.8 Å². The molecule has 0 unspecified atom stereocenters. The van der Waals surface area contributed by atoms with Gasteiger partial charge in [0.25, 0.3) is 11.8 Å². The van der Waals surface area contributed by atoms with E-state index in [-0.39, 0.29) is 18.4 Å². The highest BCUT2D eigenvalue weighted by Gasteiger charge is 2.11. The first-order valence-electron chi connectivity index (χ1n) is 8.85. The Bertz CT molecular complexity index is 892. The Hall–Kier alpha value is -3.55. The Morgan fingerprint density at radius 3 is 2.17 bits per heavy atom. The van der Waals surface area contributed by atoms with Crippen LogP contribution in [0.15, 0.2) is 47.6 Å². The number of rotatable bonds is 8. The number of benzene rings is 2. The van der Waals surface area contributed by atoms with E-state index < -0.39 is 0 Å². The molecule has 8 nitrogen and oxygen atoms in total. The van der Waals surface area contributed by atoms with Crippen molar-refractivity contribution >= 4 is 17.5 Å². The van der Waals surface area contributed by atoms with Crippen molar-refractivity contribution in [3.63, 3.8) is 0 Å². The monoisotopic (exact) mass is 399 g/mol. The molecule has 29 heavy (non-hydrogen) atoms. The van der Waals surface area contributed by atoms with Crippen LogP contribution in [0.5, 0.6) is 17.2 Å². The minimum Gasteiger partial charge on any atom is -0.493 e. The van der Waals surface area contributed by atoms with E-state index in [9.17, 15) is 9.59 Å². The van der Waals surface area contributed by atoms with E-state index in [1.165, 1.54) is 19.1 Å². The first-order chi connectivity index (χ1) is 13.8. The second-order valence-corrected chi connectivity index (χ2v) is 6.31. The van der Waals surface area contributed by atoms with Crippen LogP contribution >= 0.6 is 0 Å². The van der Waals surface area contributed by atoms with Crippen LogP contribution in [0.4, 0.5) is 0 Å². The van der Waals surface area contributed by atoms with Crippen molar-refractivity contribution in [1.82, 2.24) is 10.3 Å². The average Bonchev–Trinajstić information content (AvgIpc) is 2.75. The van der Waals surface area contributed by atoms with Crippen molar-refractivity contribution in [3.8, 4) is 17.2 Å². The molecule has 0 aliphatic rings. The third-order valence-electron chi connectivity index (χ3n) is 4.10. The van der Waals surface area contributed by atoms with Crippen molar-refractivity contribution < 1.29 is 23.8 Å². The van der Waals surface area contributed by atoms with E-state index in [2.05, 4.69) is 10.5 Å². The number of amides is 2. The maximum absolute atomic E-state index is 12.3. The van der Waals surface area contributed by atoms with Gasteiger partial charge in [0, 0.05) is 19.7 Å². The van der Waals surface area contributed by atoms with E-state index in [1.54, 1.807) is 63.5 Å². The number of carbonyl (C=O) groups excluding carboxylic acids is 2. The molecule has 0 atom stereocenters. The molecule has 0 aliphatic heterocycles. The summed E-state index contributed by atoms with van der Waals surface area (Å²) in [6.07, 6.45) is 0.